The zero-order valence-electron chi connectivity index (χ0n) is 11.5. The number of imide groups is 1. The molecule has 1 fully saturated rings. The van der Waals surface area contributed by atoms with Crippen LogP contribution in [0.15, 0.2) is 59.5 Å². The van der Waals surface area contributed by atoms with Crippen LogP contribution in [-0.2, 0) is 11.3 Å². The molecule has 0 atom stereocenters. The lowest BCUT2D eigenvalue weighted by Gasteiger charge is -2.12. The van der Waals surface area contributed by atoms with Crippen LogP contribution in [-0.4, -0.2) is 16.0 Å². The predicted molar refractivity (Wildman–Crippen MR) is 89.4 cm³/mol. The summed E-state index contributed by atoms with van der Waals surface area (Å²) in [5, 5.41) is 0.296. The first-order chi connectivity index (χ1) is 10.6. The average Bonchev–Trinajstić information content (AvgIpc) is 2.78. The molecule has 2 aromatic carbocycles. The van der Waals surface area contributed by atoms with Crippen LogP contribution in [0.25, 0.3) is 6.08 Å². The van der Waals surface area contributed by atoms with Gasteiger partial charge in [-0.05, 0) is 35.0 Å². The number of benzene rings is 2. The minimum absolute atomic E-state index is 0.257. The van der Waals surface area contributed by atoms with Gasteiger partial charge in [-0.2, -0.15) is 0 Å². The van der Waals surface area contributed by atoms with E-state index in [0.717, 1.165) is 22.9 Å². The quantitative estimate of drug-likeness (QED) is 0.774. The van der Waals surface area contributed by atoms with E-state index in [9.17, 15) is 9.59 Å². The molecule has 1 aliphatic heterocycles. The second-order valence-corrected chi connectivity index (χ2v) is 6.18. The SMILES string of the molecule is O=C1S/C(=C/c2ccccc2Cl)C(=O)N1Cc1ccccc1. The highest BCUT2D eigenvalue weighted by Gasteiger charge is 2.34. The Morgan fingerprint density at radius 1 is 1.00 bits per heavy atom. The van der Waals surface area contributed by atoms with E-state index in [1.54, 1.807) is 12.1 Å². The van der Waals surface area contributed by atoms with E-state index >= 15 is 0 Å². The zero-order chi connectivity index (χ0) is 15.5. The minimum Gasteiger partial charge on any atom is -0.268 e. The molecule has 0 spiro atoms. The number of carbonyl (C=O) groups is 2. The fraction of sp³-hybridized carbons (Fsp3) is 0.0588. The van der Waals surface area contributed by atoms with Crippen molar-refractivity contribution in [2.75, 3.05) is 0 Å². The van der Waals surface area contributed by atoms with Crippen LogP contribution in [0.4, 0.5) is 4.79 Å². The third kappa shape index (κ3) is 3.08. The first-order valence-corrected chi connectivity index (χ1v) is 7.88. The number of rotatable bonds is 3. The molecular formula is C17H12ClNO2S. The Morgan fingerprint density at radius 3 is 2.41 bits per heavy atom. The maximum absolute atomic E-state index is 12.4. The molecule has 2 aromatic rings. The van der Waals surface area contributed by atoms with E-state index < -0.39 is 0 Å². The molecule has 22 heavy (non-hydrogen) atoms. The van der Waals surface area contributed by atoms with Crippen LogP contribution in [0.5, 0.6) is 0 Å². The van der Waals surface area contributed by atoms with Crippen molar-refractivity contribution in [2.45, 2.75) is 6.54 Å². The third-order valence-electron chi connectivity index (χ3n) is 3.25. The number of carbonyl (C=O) groups excluding carboxylic acids is 2. The standard InChI is InChI=1S/C17H12ClNO2S/c18-14-9-5-4-8-13(14)10-15-16(20)19(17(21)22-15)11-12-6-2-1-3-7-12/h1-10H,11H2/b15-10+. The Balaban J connectivity index is 1.84. The van der Waals surface area contributed by atoms with Gasteiger partial charge in [0, 0.05) is 5.02 Å². The number of nitrogens with zero attached hydrogens (tertiary/aromatic N) is 1. The summed E-state index contributed by atoms with van der Waals surface area (Å²) >= 11 is 7.03. The molecule has 1 aliphatic rings. The van der Waals surface area contributed by atoms with E-state index in [1.807, 2.05) is 48.5 Å². The first kappa shape index (κ1) is 14.9. The van der Waals surface area contributed by atoms with Crippen molar-refractivity contribution in [1.29, 1.82) is 0 Å². The second kappa shape index (κ2) is 6.38. The molecule has 0 bridgehead atoms. The van der Waals surface area contributed by atoms with Crippen molar-refractivity contribution in [1.82, 2.24) is 4.90 Å². The number of thioether (sulfide) groups is 1. The van der Waals surface area contributed by atoms with E-state index in [4.69, 9.17) is 11.6 Å². The number of hydrogen-bond donors (Lipinski definition) is 0. The molecule has 0 N–H and O–H groups in total. The van der Waals surface area contributed by atoms with Crippen molar-refractivity contribution < 1.29 is 9.59 Å². The van der Waals surface area contributed by atoms with Crippen LogP contribution in [0.3, 0.4) is 0 Å². The van der Waals surface area contributed by atoms with Crippen LogP contribution < -0.4 is 0 Å². The monoisotopic (exact) mass is 329 g/mol. The summed E-state index contributed by atoms with van der Waals surface area (Å²) in [6.45, 7) is 0.283. The van der Waals surface area contributed by atoms with Gasteiger partial charge < -0.3 is 0 Å². The highest BCUT2D eigenvalue weighted by atomic mass is 35.5. The molecule has 3 nitrogen and oxygen atoms in total. The van der Waals surface area contributed by atoms with Crippen molar-refractivity contribution in [3.05, 3.63) is 75.7 Å². The van der Waals surface area contributed by atoms with Gasteiger partial charge in [0.15, 0.2) is 0 Å². The van der Waals surface area contributed by atoms with Crippen LogP contribution in [0.2, 0.25) is 5.02 Å². The maximum atomic E-state index is 12.4. The van der Waals surface area contributed by atoms with Crippen LogP contribution in [0, 0.1) is 0 Å². The highest BCUT2D eigenvalue weighted by Crippen LogP contribution is 2.34. The molecular weight excluding hydrogens is 318 g/mol. The Morgan fingerprint density at radius 2 is 1.68 bits per heavy atom. The van der Waals surface area contributed by atoms with E-state index in [-0.39, 0.29) is 17.7 Å². The molecule has 0 aliphatic carbocycles. The molecule has 1 heterocycles. The first-order valence-electron chi connectivity index (χ1n) is 6.69. The van der Waals surface area contributed by atoms with Gasteiger partial charge in [-0.25, -0.2) is 0 Å². The van der Waals surface area contributed by atoms with Crippen molar-refractivity contribution >= 4 is 40.6 Å². The molecule has 0 aromatic heterocycles. The summed E-state index contributed by atoms with van der Waals surface area (Å²) in [5.74, 6) is -0.279. The molecule has 0 radical (unpaired) electrons. The molecule has 1 saturated heterocycles. The summed E-state index contributed by atoms with van der Waals surface area (Å²) in [6.07, 6.45) is 1.66. The van der Waals surface area contributed by atoms with E-state index in [0.29, 0.717) is 9.93 Å². The number of hydrogen-bond acceptors (Lipinski definition) is 3. The van der Waals surface area contributed by atoms with Gasteiger partial charge in [0.2, 0.25) is 0 Å². The lowest BCUT2D eigenvalue weighted by atomic mass is 10.2. The maximum Gasteiger partial charge on any atom is 0.293 e. The number of halogens is 1. The third-order valence-corrected chi connectivity index (χ3v) is 4.50. The summed E-state index contributed by atoms with van der Waals surface area (Å²) in [6, 6.07) is 16.7. The lowest BCUT2D eigenvalue weighted by molar-refractivity contribution is -0.123. The van der Waals surface area contributed by atoms with Gasteiger partial charge in [-0.1, -0.05) is 60.1 Å². The molecule has 110 valence electrons. The lowest BCUT2D eigenvalue weighted by Crippen LogP contribution is -2.27. The Labute approximate surface area is 137 Å². The smallest absolute Gasteiger partial charge is 0.268 e. The molecule has 2 amide bonds. The van der Waals surface area contributed by atoms with Crippen molar-refractivity contribution in [3.63, 3.8) is 0 Å². The van der Waals surface area contributed by atoms with Gasteiger partial charge in [0.25, 0.3) is 11.1 Å². The van der Waals surface area contributed by atoms with Crippen LogP contribution in [0.1, 0.15) is 11.1 Å². The van der Waals surface area contributed by atoms with Gasteiger partial charge in [0.1, 0.15) is 0 Å². The topological polar surface area (TPSA) is 37.4 Å². The minimum atomic E-state index is -0.279. The molecule has 0 unspecified atom stereocenters. The average molecular weight is 330 g/mol. The second-order valence-electron chi connectivity index (χ2n) is 4.77. The van der Waals surface area contributed by atoms with Gasteiger partial charge >= 0.3 is 0 Å². The molecule has 3 rings (SSSR count). The van der Waals surface area contributed by atoms with Gasteiger partial charge in [-0.15, -0.1) is 0 Å². The Kier molecular flexibility index (Phi) is 4.32. The Hall–Kier alpha value is -2.04. The predicted octanol–water partition coefficient (Wildman–Crippen LogP) is 4.58. The largest absolute Gasteiger partial charge is 0.293 e. The summed E-state index contributed by atoms with van der Waals surface area (Å²) < 4.78 is 0. The highest BCUT2D eigenvalue weighted by molar-refractivity contribution is 8.18. The zero-order valence-corrected chi connectivity index (χ0v) is 13.1. The number of amides is 2. The van der Waals surface area contributed by atoms with Gasteiger partial charge in [0.05, 0.1) is 11.4 Å². The fourth-order valence-electron chi connectivity index (χ4n) is 2.14. The van der Waals surface area contributed by atoms with Crippen molar-refractivity contribution in [2.24, 2.45) is 0 Å². The van der Waals surface area contributed by atoms with Crippen molar-refractivity contribution in [3.8, 4) is 0 Å². The Bertz CT molecular complexity index is 758. The summed E-state index contributed by atoms with van der Waals surface area (Å²) in [5.41, 5.74) is 1.65. The van der Waals surface area contributed by atoms with E-state index in [2.05, 4.69) is 0 Å². The normalized spacial score (nSPS) is 16.6. The summed E-state index contributed by atoms with van der Waals surface area (Å²) in [7, 11) is 0. The molecule has 0 saturated carbocycles. The summed E-state index contributed by atoms with van der Waals surface area (Å²) in [4.78, 5) is 26.1. The fourth-order valence-corrected chi connectivity index (χ4v) is 3.16. The van der Waals surface area contributed by atoms with Crippen LogP contribution >= 0.6 is 23.4 Å². The molecule has 5 heteroatoms. The van der Waals surface area contributed by atoms with E-state index in [1.165, 1.54) is 4.90 Å². The van der Waals surface area contributed by atoms with Gasteiger partial charge in [-0.3, -0.25) is 14.5 Å².